The Morgan fingerprint density at radius 3 is 2.53 bits per heavy atom. The Balaban J connectivity index is 1.27. The van der Waals surface area contributed by atoms with Crippen LogP contribution in [-0.2, 0) is 4.79 Å². The molecule has 9 heteroatoms. The summed E-state index contributed by atoms with van der Waals surface area (Å²) in [6.45, 7) is 0. The maximum absolute atomic E-state index is 13.1. The van der Waals surface area contributed by atoms with Crippen LogP contribution in [0.25, 0.3) is 11.3 Å². The van der Waals surface area contributed by atoms with Gasteiger partial charge >= 0.3 is 0 Å². The quantitative estimate of drug-likeness (QED) is 0.297. The molecule has 0 unspecified atom stereocenters. The summed E-state index contributed by atoms with van der Waals surface area (Å²) in [5.74, 6) is 0.0995. The maximum Gasteiger partial charge on any atom is 0.255 e. The first-order valence-corrected chi connectivity index (χ1v) is 12.1. The zero-order valence-electron chi connectivity index (χ0n) is 18.1. The van der Waals surface area contributed by atoms with Gasteiger partial charge in [-0.3, -0.25) is 9.59 Å². The molecule has 34 heavy (non-hydrogen) atoms. The van der Waals surface area contributed by atoms with E-state index in [0.29, 0.717) is 27.8 Å². The average Bonchev–Trinajstić information content (AvgIpc) is 3.32. The van der Waals surface area contributed by atoms with Crippen molar-refractivity contribution < 1.29 is 18.7 Å². The van der Waals surface area contributed by atoms with Gasteiger partial charge in [0.25, 0.3) is 5.91 Å². The molecule has 4 rings (SSSR count). The summed E-state index contributed by atoms with van der Waals surface area (Å²) in [6.07, 6.45) is 0. The van der Waals surface area contributed by atoms with Crippen molar-refractivity contribution in [2.45, 2.75) is 4.90 Å². The molecule has 0 aliphatic rings. The molecule has 172 valence electrons. The Hall–Kier alpha value is -3.69. The number of rotatable bonds is 8. The second kappa shape index (κ2) is 11.0. The number of carbonyl (C=O) groups is 2. The SMILES string of the molecule is COc1cccc(C(=O)Nc2ccc(SCC(=O)Nc3nc(-c4ccc(F)cc4)cs3)cc2)c1. The molecule has 1 aromatic heterocycles. The minimum Gasteiger partial charge on any atom is -0.497 e. The lowest BCUT2D eigenvalue weighted by atomic mass is 10.2. The zero-order chi connectivity index (χ0) is 23.9. The van der Waals surface area contributed by atoms with Gasteiger partial charge in [0.2, 0.25) is 5.91 Å². The fraction of sp³-hybridized carbons (Fsp3) is 0.0800. The standard InChI is InChI=1S/C25H20FN3O3S2/c1-32-20-4-2-3-17(13-20)24(31)27-19-9-11-21(12-10-19)33-15-23(30)29-25-28-22(14-34-25)16-5-7-18(26)8-6-16/h2-14H,15H2,1H3,(H,27,31)(H,28,29,30). The first kappa shape index (κ1) is 23.5. The highest BCUT2D eigenvalue weighted by molar-refractivity contribution is 8.00. The fourth-order valence-electron chi connectivity index (χ4n) is 2.99. The smallest absolute Gasteiger partial charge is 0.255 e. The van der Waals surface area contributed by atoms with Gasteiger partial charge in [-0.1, -0.05) is 6.07 Å². The Labute approximate surface area is 204 Å². The number of benzene rings is 3. The number of carbonyl (C=O) groups excluding carboxylic acids is 2. The van der Waals surface area contributed by atoms with Crippen molar-refractivity contribution in [1.82, 2.24) is 4.98 Å². The molecule has 0 atom stereocenters. The number of aromatic nitrogens is 1. The van der Waals surface area contributed by atoms with Crippen molar-refractivity contribution in [3.8, 4) is 17.0 Å². The number of nitrogens with one attached hydrogen (secondary N) is 2. The van der Waals surface area contributed by atoms with Gasteiger partial charge < -0.3 is 15.4 Å². The van der Waals surface area contributed by atoms with Gasteiger partial charge in [-0.15, -0.1) is 23.1 Å². The fourth-order valence-corrected chi connectivity index (χ4v) is 4.43. The monoisotopic (exact) mass is 493 g/mol. The van der Waals surface area contributed by atoms with Gasteiger partial charge in [0.05, 0.1) is 18.6 Å². The predicted octanol–water partition coefficient (Wildman–Crippen LogP) is 5.94. The second-order valence-corrected chi connectivity index (χ2v) is 9.00. The van der Waals surface area contributed by atoms with E-state index in [1.54, 1.807) is 55.6 Å². The van der Waals surface area contributed by atoms with E-state index in [2.05, 4.69) is 15.6 Å². The van der Waals surface area contributed by atoms with E-state index >= 15 is 0 Å². The van der Waals surface area contributed by atoms with Crippen LogP contribution in [0.1, 0.15) is 10.4 Å². The lowest BCUT2D eigenvalue weighted by Crippen LogP contribution is -2.13. The van der Waals surface area contributed by atoms with E-state index in [4.69, 9.17) is 4.74 Å². The summed E-state index contributed by atoms with van der Waals surface area (Å²) in [5.41, 5.74) is 2.61. The molecule has 2 amide bonds. The highest BCUT2D eigenvalue weighted by atomic mass is 32.2. The summed E-state index contributed by atoms with van der Waals surface area (Å²) >= 11 is 2.69. The molecular weight excluding hydrogens is 473 g/mol. The topological polar surface area (TPSA) is 80.3 Å². The van der Waals surface area contributed by atoms with Gasteiger partial charge in [0, 0.05) is 27.1 Å². The first-order chi connectivity index (χ1) is 16.5. The largest absolute Gasteiger partial charge is 0.497 e. The number of amides is 2. The number of nitrogens with zero attached hydrogens (tertiary/aromatic N) is 1. The number of anilines is 2. The minimum atomic E-state index is -0.309. The number of ether oxygens (including phenoxy) is 1. The van der Waals surface area contributed by atoms with E-state index in [-0.39, 0.29) is 23.4 Å². The normalized spacial score (nSPS) is 10.5. The van der Waals surface area contributed by atoms with E-state index in [9.17, 15) is 14.0 Å². The van der Waals surface area contributed by atoms with Crippen molar-refractivity contribution in [2.24, 2.45) is 0 Å². The summed E-state index contributed by atoms with van der Waals surface area (Å²) in [6, 6.07) is 20.2. The lowest BCUT2D eigenvalue weighted by Gasteiger charge is -2.08. The average molecular weight is 494 g/mol. The highest BCUT2D eigenvalue weighted by Gasteiger charge is 2.10. The van der Waals surface area contributed by atoms with Crippen LogP contribution in [-0.4, -0.2) is 29.7 Å². The summed E-state index contributed by atoms with van der Waals surface area (Å²) in [5, 5.41) is 7.93. The highest BCUT2D eigenvalue weighted by Crippen LogP contribution is 2.26. The van der Waals surface area contributed by atoms with Crippen molar-refractivity contribution >= 4 is 45.7 Å². The third kappa shape index (κ3) is 6.21. The predicted molar refractivity (Wildman–Crippen MR) is 134 cm³/mol. The number of thioether (sulfide) groups is 1. The van der Waals surface area contributed by atoms with E-state index in [0.717, 1.165) is 10.5 Å². The molecule has 3 aromatic carbocycles. The number of thiazole rings is 1. The molecule has 0 bridgehead atoms. The second-order valence-electron chi connectivity index (χ2n) is 7.09. The summed E-state index contributed by atoms with van der Waals surface area (Å²) in [4.78, 5) is 30.0. The van der Waals surface area contributed by atoms with Crippen LogP contribution >= 0.6 is 23.1 Å². The first-order valence-electron chi connectivity index (χ1n) is 10.2. The van der Waals surface area contributed by atoms with Gasteiger partial charge in [0.15, 0.2) is 5.13 Å². The molecule has 2 N–H and O–H groups in total. The molecule has 0 spiro atoms. The molecular formula is C25H20FN3O3S2. The van der Waals surface area contributed by atoms with Crippen LogP contribution in [0.5, 0.6) is 5.75 Å². The third-order valence-corrected chi connectivity index (χ3v) is 6.47. The minimum absolute atomic E-state index is 0.180. The molecule has 6 nitrogen and oxygen atoms in total. The van der Waals surface area contributed by atoms with Crippen molar-refractivity contribution in [2.75, 3.05) is 23.5 Å². The van der Waals surface area contributed by atoms with Gasteiger partial charge in [-0.05, 0) is 66.7 Å². The molecule has 0 aliphatic carbocycles. The number of methoxy groups -OCH3 is 1. The van der Waals surface area contributed by atoms with Gasteiger partial charge in [-0.25, -0.2) is 9.37 Å². The van der Waals surface area contributed by atoms with E-state index in [1.807, 2.05) is 17.5 Å². The number of hydrogen-bond acceptors (Lipinski definition) is 6. The Bertz CT molecular complexity index is 1290. The number of halogens is 1. The van der Waals surface area contributed by atoms with Crippen LogP contribution < -0.4 is 15.4 Å². The number of hydrogen-bond donors (Lipinski definition) is 2. The van der Waals surface area contributed by atoms with Crippen LogP contribution in [0.15, 0.2) is 83.1 Å². The Morgan fingerprint density at radius 1 is 1.03 bits per heavy atom. The van der Waals surface area contributed by atoms with Crippen LogP contribution in [0.4, 0.5) is 15.2 Å². The molecule has 0 fully saturated rings. The van der Waals surface area contributed by atoms with Crippen LogP contribution in [0.2, 0.25) is 0 Å². The van der Waals surface area contributed by atoms with E-state index in [1.165, 1.54) is 35.2 Å². The van der Waals surface area contributed by atoms with Crippen LogP contribution in [0, 0.1) is 5.82 Å². The van der Waals surface area contributed by atoms with Crippen molar-refractivity contribution in [3.63, 3.8) is 0 Å². The van der Waals surface area contributed by atoms with Gasteiger partial charge in [-0.2, -0.15) is 0 Å². The lowest BCUT2D eigenvalue weighted by molar-refractivity contribution is -0.113. The summed E-state index contributed by atoms with van der Waals surface area (Å²) in [7, 11) is 1.55. The molecule has 0 aliphatic heterocycles. The zero-order valence-corrected chi connectivity index (χ0v) is 19.7. The Morgan fingerprint density at radius 2 is 1.79 bits per heavy atom. The molecule has 0 radical (unpaired) electrons. The van der Waals surface area contributed by atoms with E-state index < -0.39 is 0 Å². The molecule has 1 heterocycles. The summed E-state index contributed by atoms with van der Waals surface area (Å²) < 4.78 is 18.2. The molecule has 4 aromatic rings. The molecule has 0 saturated heterocycles. The molecule has 0 saturated carbocycles. The van der Waals surface area contributed by atoms with Crippen molar-refractivity contribution in [1.29, 1.82) is 0 Å². The third-order valence-electron chi connectivity index (χ3n) is 4.70. The maximum atomic E-state index is 13.1. The van der Waals surface area contributed by atoms with Crippen molar-refractivity contribution in [3.05, 3.63) is 89.6 Å². The van der Waals surface area contributed by atoms with Crippen LogP contribution in [0.3, 0.4) is 0 Å². The Kier molecular flexibility index (Phi) is 7.56. The van der Waals surface area contributed by atoms with Gasteiger partial charge in [0.1, 0.15) is 11.6 Å².